The molecule has 1 aromatic carbocycles. The Labute approximate surface area is 100 Å². The van der Waals surface area contributed by atoms with Gasteiger partial charge in [-0.3, -0.25) is 0 Å². The summed E-state index contributed by atoms with van der Waals surface area (Å²) in [5, 5.41) is 9.25. The summed E-state index contributed by atoms with van der Waals surface area (Å²) in [5.41, 5.74) is 1.20. The van der Waals surface area contributed by atoms with Crippen LogP contribution in [0.1, 0.15) is 23.7 Å². The molecule has 0 amide bonds. The van der Waals surface area contributed by atoms with Gasteiger partial charge in [-0.1, -0.05) is 13.0 Å². The summed E-state index contributed by atoms with van der Waals surface area (Å²) in [6.07, 6.45) is 2.89. The molecule has 0 fully saturated rings. The second-order valence-corrected chi connectivity index (χ2v) is 4.43. The van der Waals surface area contributed by atoms with Crippen LogP contribution in [0.15, 0.2) is 23.1 Å². The molecule has 0 bridgehead atoms. The maximum Gasteiger partial charge on any atom is 0.338 e. The molecule has 0 heterocycles. The quantitative estimate of drug-likeness (QED) is 0.802. The highest BCUT2D eigenvalue weighted by atomic mass is 32.2. The molecular weight excluding hydrogens is 222 g/mol. The van der Waals surface area contributed by atoms with Crippen LogP contribution >= 0.6 is 11.8 Å². The summed E-state index contributed by atoms with van der Waals surface area (Å²) in [5.74, 6) is -0.858. The highest BCUT2D eigenvalue weighted by Gasteiger charge is 2.16. The van der Waals surface area contributed by atoms with Crippen molar-refractivity contribution in [1.82, 2.24) is 0 Å². The summed E-state index contributed by atoms with van der Waals surface area (Å²) in [6, 6.07) is 5.61. The minimum absolute atomic E-state index is 0.408. The number of anilines is 1. The van der Waals surface area contributed by atoms with Gasteiger partial charge in [-0.15, -0.1) is 11.8 Å². The Morgan fingerprint density at radius 1 is 1.50 bits per heavy atom. The number of thioether (sulfide) groups is 1. The van der Waals surface area contributed by atoms with Gasteiger partial charge in [0, 0.05) is 18.5 Å². The fraction of sp³-hybridized carbons (Fsp3) is 0.417. The molecule has 88 valence electrons. The van der Waals surface area contributed by atoms with Gasteiger partial charge < -0.3 is 10.0 Å². The topological polar surface area (TPSA) is 40.5 Å². The van der Waals surface area contributed by atoms with Crippen LogP contribution in [0.4, 0.5) is 5.69 Å². The highest BCUT2D eigenvalue weighted by molar-refractivity contribution is 7.98. The molecule has 3 nitrogen and oxygen atoms in total. The zero-order chi connectivity index (χ0) is 12.1. The van der Waals surface area contributed by atoms with Crippen molar-refractivity contribution in [3.8, 4) is 0 Å². The van der Waals surface area contributed by atoms with Gasteiger partial charge in [0.1, 0.15) is 0 Å². The molecule has 0 aliphatic rings. The lowest BCUT2D eigenvalue weighted by Gasteiger charge is -2.21. The normalized spacial score (nSPS) is 10.2. The number of rotatable bonds is 5. The summed E-state index contributed by atoms with van der Waals surface area (Å²) in [4.78, 5) is 14.1. The van der Waals surface area contributed by atoms with E-state index in [0.717, 1.165) is 23.5 Å². The van der Waals surface area contributed by atoms with Crippen LogP contribution in [0.5, 0.6) is 0 Å². The average Bonchev–Trinajstić information content (AvgIpc) is 2.28. The molecule has 4 heteroatoms. The van der Waals surface area contributed by atoms with Crippen molar-refractivity contribution in [2.24, 2.45) is 0 Å². The molecule has 0 atom stereocenters. The standard InChI is InChI=1S/C12H17NO2S/c1-4-8-13(2)9-6-5-7-10(16-3)11(9)12(14)15/h5-7H,4,8H2,1-3H3,(H,14,15). The summed E-state index contributed by atoms with van der Waals surface area (Å²) < 4.78 is 0. The lowest BCUT2D eigenvalue weighted by atomic mass is 10.1. The zero-order valence-electron chi connectivity index (χ0n) is 9.86. The van der Waals surface area contributed by atoms with Crippen LogP contribution in [0.2, 0.25) is 0 Å². The minimum Gasteiger partial charge on any atom is -0.478 e. The Hall–Kier alpha value is -1.16. The predicted molar refractivity (Wildman–Crippen MR) is 68.7 cm³/mol. The van der Waals surface area contributed by atoms with E-state index in [1.165, 1.54) is 11.8 Å². The molecule has 0 saturated carbocycles. The van der Waals surface area contributed by atoms with E-state index in [0.29, 0.717) is 5.56 Å². The Bertz CT molecular complexity index is 379. The van der Waals surface area contributed by atoms with Crippen molar-refractivity contribution >= 4 is 23.4 Å². The monoisotopic (exact) mass is 239 g/mol. The minimum atomic E-state index is -0.858. The largest absolute Gasteiger partial charge is 0.478 e. The number of nitrogens with zero attached hydrogens (tertiary/aromatic N) is 1. The van der Waals surface area contributed by atoms with Crippen molar-refractivity contribution in [2.45, 2.75) is 18.2 Å². The Balaban J connectivity index is 3.21. The molecular formula is C12H17NO2S. The van der Waals surface area contributed by atoms with E-state index in [-0.39, 0.29) is 0 Å². The molecule has 0 spiro atoms. The third-order valence-corrected chi connectivity index (χ3v) is 3.19. The van der Waals surface area contributed by atoms with Gasteiger partial charge >= 0.3 is 5.97 Å². The van der Waals surface area contributed by atoms with Gasteiger partial charge in [0.25, 0.3) is 0 Å². The second kappa shape index (κ2) is 5.80. The average molecular weight is 239 g/mol. The first-order valence-electron chi connectivity index (χ1n) is 5.23. The van der Waals surface area contributed by atoms with Gasteiger partial charge in [-0.25, -0.2) is 4.79 Å². The Morgan fingerprint density at radius 3 is 2.69 bits per heavy atom. The van der Waals surface area contributed by atoms with E-state index in [9.17, 15) is 9.90 Å². The van der Waals surface area contributed by atoms with Gasteiger partial charge in [0.05, 0.1) is 11.3 Å². The van der Waals surface area contributed by atoms with Gasteiger partial charge in [0.2, 0.25) is 0 Å². The molecule has 0 saturated heterocycles. The van der Waals surface area contributed by atoms with Crippen molar-refractivity contribution in [2.75, 3.05) is 24.7 Å². The van der Waals surface area contributed by atoms with Crippen molar-refractivity contribution in [1.29, 1.82) is 0 Å². The molecule has 1 aromatic rings. The fourth-order valence-corrected chi connectivity index (χ4v) is 2.29. The number of hydrogen-bond donors (Lipinski definition) is 1. The number of aromatic carboxylic acids is 1. The van der Waals surface area contributed by atoms with Crippen LogP contribution in [0.25, 0.3) is 0 Å². The Kier molecular flexibility index (Phi) is 4.68. The molecule has 1 N–H and O–H groups in total. The van der Waals surface area contributed by atoms with Crippen LogP contribution in [0, 0.1) is 0 Å². The molecule has 1 rings (SSSR count). The third-order valence-electron chi connectivity index (χ3n) is 2.41. The maximum atomic E-state index is 11.3. The van der Waals surface area contributed by atoms with Crippen LogP contribution in [-0.2, 0) is 0 Å². The number of carbonyl (C=O) groups is 1. The van der Waals surface area contributed by atoms with E-state index in [1.807, 2.05) is 36.4 Å². The third kappa shape index (κ3) is 2.70. The predicted octanol–water partition coefficient (Wildman–Crippen LogP) is 2.95. The summed E-state index contributed by atoms with van der Waals surface area (Å²) in [6.45, 7) is 2.94. The highest BCUT2D eigenvalue weighted by Crippen LogP contribution is 2.29. The Morgan fingerprint density at radius 2 is 2.19 bits per heavy atom. The lowest BCUT2D eigenvalue weighted by Crippen LogP contribution is -2.21. The number of benzene rings is 1. The lowest BCUT2D eigenvalue weighted by molar-refractivity contribution is 0.0694. The van der Waals surface area contributed by atoms with E-state index in [4.69, 9.17) is 0 Å². The molecule has 16 heavy (non-hydrogen) atoms. The van der Waals surface area contributed by atoms with Crippen molar-refractivity contribution in [3.63, 3.8) is 0 Å². The van der Waals surface area contributed by atoms with Crippen LogP contribution in [-0.4, -0.2) is 30.9 Å². The smallest absolute Gasteiger partial charge is 0.338 e. The second-order valence-electron chi connectivity index (χ2n) is 3.58. The van der Waals surface area contributed by atoms with Gasteiger partial charge in [-0.05, 0) is 24.8 Å². The van der Waals surface area contributed by atoms with Crippen LogP contribution < -0.4 is 4.90 Å². The summed E-state index contributed by atoms with van der Waals surface area (Å²) in [7, 11) is 1.93. The first kappa shape index (κ1) is 12.9. The van der Waals surface area contributed by atoms with E-state index >= 15 is 0 Å². The van der Waals surface area contributed by atoms with Crippen molar-refractivity contribution in [3.05, 3.63) is 23.8 Å². The van der Waals surface area contributed by atoms with Crippen molar-refractivity contribution < 1.29 is 9.90 Å². The molecule has 0 aliphatic carbocycles. The molecule has 0 aliphatic heterocycles. The molecule has 0 radical (unpaired) electrons. The number of carboxylic acid groups (broad SMARTS) is 1. The van der Waals surface area contributed by atoms with Crippen LogP contribution in [0.3, 0.4) is 0 Å². The zero-order valence-corrected chi connectivity index (χ0v) is 10.7. The number of carboxylic acids is 1. The van der Waals surface area contributed by atoms with E-state index in [2.05, 4.69) is 6.92 Å². The molecule has 0 aromatic heterocycles. The number of hydrogen-bond acceptors (Lipinski definition) is 3. The maximum absolute atomic E-state index is 11.3. The SMILES string of the molecule is CCCN(C)c1cccc(SC)c1C(=O)O. The van der Waals surface area contributed by atoms with E-state index < -0.39 is 5.97 Å². The summed E-state index contributed by atoms with van der Waals surface area (Å²) >= 11 is 1.47. The first-order valence-corrected chi connectivity index (χ1v) is 6.45. The van der Waals surface area contributed by atoms with E-state index in [1.54, 1.807) is 0 Å². The van der Waals surface area contributed by atoms with Gasteiger partial charge in [0.15, 0.2) is 0 Å². The molecule has 0 unspecified atom stereocenters. The van der Waals surface area contributed by atoms with Gasteiger partial charge in [-0.2, -0.15) is 0 Å². The first-order chi connectivity index (χ1) is 7.61. The fourth-order valence-electron chi connectivity index (χ4n) is 1.68.